The highest BCUT2D eigenvalue weighted by molar-refractivity contribution is 7.18. The van der Waals surface area contributed by atoms with Crippen LogP contribution in [0.25, 0.3) is 0 Å². The molecular formula is C11H11N3OS. The Balaban J connectivity index is 2.47. The monoisotopic (exact) mass is 233 g/mol. The molecule has 82 valence electrons. The van der Waals surface area contributed by atoms with Gasteiger partial charge in [-0.25, -0.2) is 4.98 Å². The number of nitrogens with zero attached hydrogens (tertiary/aromatic N) is 1. The van der Waals surface area contributed by atoms with Crippen molar-refractivity contribution in [3.8, 4) is 0 Å². The number of benzene rings is 1. The maximum absolute atomic E-state index is 12.1. The molecule has 0 fully saturated rings. The van der Waals surface area contributed by atoms with Crippen LogP contribution in [0, 0.1) is 6.92 Å². The van der Waals surface area contributed by atoms with Gasteiger partial charge in [0.05, 0.1) is 0 Å². The first-order valence-corrected chi connectivity index (χ1v) is 5.53. The predicted octanol–water partition coefficient (Wildman–Crippen LogP) is 1.85. The molecule has 0 aliphatic heterocycles. The van der Waals surface area contributed by atoms with Gasteiger partial charge in [0.2, 0.25) is 5.78 Å². The number of thiazole rings is 1. The summed E-state index contributed by atoms with van der Waals surface area (Å²) in [7, 11) is 0. The molecule has 0 spiro atoms. The standard InChI is InChI=1S/C11H11N3OS/c1-6-4-2-3-5-7(6)8(15)9-10(12)14-11(13)16-9/h2-5H,12H2,1H3,(H2,13,14). The number of aryl methyl sites for hydroxylation is 1. The van der Waals surface area contributed by atoms with Crippen LogP contribution >= 0.6 is 11.3 Å². The first kappa shape index (κ1) is 10.6. The Morgan fingerprint density at radius 2 is 2.00 bits per heavy atom. The molecule has 1 aromatic heterocycles. The normalized spacial score (nSPS) is 10.3. The van der Waals surface area contributed by atoms with Crippen LogP contribution in [-0.4, -0.2) is 10.8 Å². The Hall–Kier alpha value is -1.88. The summed E-state index contributed by atoms with van der Waals surface area (Å²) in [4.78, 5) is 16.4. The fourth-order valence-corrected chi connectivity index (χ4v) is 2.17. The number of nitrogens with two attached hydrogens (primary N) is 2. The van der Waals surface area contributed by atoms with Crippen molar-refractivity contribution in [1.29, 1.82) is 0 Å². The minimum absolute atomic E-state index is 0.121. The molecule has 4 nitrogen and oxygen atoms in total. The van der Waals surface area contributed by atoms with Gasteiger partial charge < -0.3 is 11.5 Å². The van der Waals surface area contributed by atoms with Gasteiger partial charge in [0.25, 0.3) is 0 Å². The minimum atomic E-state index is -0.121. The molecule has 0 saturated carbocycles. The highest BCUT2D eigenvalue weighted by Crippen LogP contribution is 2.26. The Kier molecular flexibility index (Phi) is 2.62. The van der Waals surface area contributed by atoms with E-state index in [0.717, 1.165) is 16.9 Å². The van der Waals surface area contributed by atoms with Gasteiger partial charge in [-0.15, -0.1) is 0 Å². The summed E-state index contributed by atoms with van der Waals surface area (Å²) in [5.41, 5.74) is 12.7. The summed E-state index contributed by atoms with van der Waals surface area (Å²) in [6.45, 7) is 1.88. The number of carbonyl (C=O) groups is 1. The Labute approximate surface area is 96.9 Å². The first-order valence-electron chi connectivity index (χ1n) is 4.71. The number of anilines is 2. The van der Waals surface area contributed by atoms with E-state index in [2.05, 4.69) is 4.98 Å². The topological polar surface area (TPSA) is 82.0 Å². The van der Waals surface area contributed by atoms with Crippen LogP contribution in [0.1, 0.15) is 20.8 Å². The van der Waals surface area contributed by atoms with Gasteiger partial charge in [0, 0.05) is 5.56 Å². The van der Waals surface area contributed by atoms with E-state index in [1.54, 1.807) is 6.07 Å². The fourth-order valence-electron chi connectivity index (χ4n) is 1.46. The summed E-state index contributed by atoms with van der Waals surface area (Å²) >= 11 is 1.12. The van der Waals surface area contributed by atoms with Crippen LogP contribution in [-0.2, 0) is 0 Å². The number of hydrogen-bond acceptors (Lipinski definition) is 5. The minimum Gasteiger partial charge on any atom is -0.382 e. The highest BCUT2D eigenvalue weighted by atomic mass is 32.1. The van der Waals surface area contributed by atoms with Gasteiger partial charge in [-0.1, -0.05) is 35.6 Å². The average molecular weight is 233 g/mol. The SMILES string of the molecule is Cc1ccccc1C(=O)c1sc(N)nc1N. The van der Waals surface area contributed by atoms with Crippen molar-refractivity contribution in [1.82, 2.24) is 4.98 Å². The lowest BCUT2D eigenvalue weighted by Crippen LogP contribution is -2.04. The molecule has 2 aromatic rings. The fraction of sp³-hybridized carbons (Fsp3) is 0.0909. The third kappa shape index (κ3) is 1.77. The quantitative estimate of drug-likeness (QED) is 0.775. The lowest BCUT2D eigenvalue weighted by molar-refractivity contribution is 0.104. The molecule has 4 N–H and O–H groups in total. The zero-order valence-electron chi connectivity index (χ0n) is 8.73. The van der Waals surface area contributed by atoms with Crippen molar-refractivity contribution < 1.29 is 4.79 Å². The van der Waals surface area contributed by atoms with E-state index in [0.29, 0.717) is 15.6 Å². The number of ketones is 1. The molecule has 1 heterocycles. The molecule has 5 heteroatoms. The zero-order valence-corrected chi connectivity index (χ0v) is 9.54. The van der Waals surface area contributed by atoms with Gasteiger partial charge in [0.1, 0.15) is 10.7 Å². The maximum Gasteiger partial charge on any atom is 0.207 e. The summed E-state index contributed by atoms with van der Waals surface area (Å²) < 4.78 is 0. The van der Waals surface area contributed by atoms with E-state index in [4.69, 9.17) is 11.5 Å². The number of aromatic nitrogens is 1. The molecule has 0 atom stereocenters. The average Bonchev–Trinajstić information content (AvgIpc) is 2.58. The van der Waals surface area contributed by atoms with Gasteiger partial charge >= 0.3 is 0 Å². The summed E-state index contributed by atoms with van der Waals surface area (Å²) in [6.07, 6.45) is 0. The molecule has 0 radical (unpaired) electrons. The van der Waals surface area contributed by atoms with Gasteiger partial charge in [-0.2, -0.15) is 0 Å². The van der Waals surface area contributed by atoms with Gasteiger partial charge in [-0.3, -0.25) is 4.79 Å². The van der Waals surface area contributed by atoms with E-state index in [1.165, 1.54) is 0 Å². The molecule has 16 heavy (non-hydrogen) atoms. The Bertz CT molecular complexity index is 548. The smallest absolute Gasteiger partial charge is 0.207 e. The molecular weight excluding hydrogens is 222 g/mol. The van der Waals surface area contributed by atoms with E-state index in [9.17, 15) is 4.79 Å². The molecule has 2 rings (SSSR count). The van der Waals surface area contributed by atoms with Crippen molar-refractivity contribution in [2.45, 2.75) is 6.92 Å². The van der Waals surface area contributed by atoms with E-state index in [1.807, 2.05) is 25.1 Å². The zero-order chi connectivity index (χ0) is 11.7. The van der Waals surface area contributed by atoms with E-state index < -0.39 is 0 Å². The first-order chi connectivity index (χ1) is 7.59. The summed E-state index contributed by atoms with van der Waals surface area (Å²) in [5.74, 6) is 0.0838. The van der Waals surface area contributed by atoms with Crippen molar-refractivity contribution in [3.05, 3.63) is 40.3 Å². The molecule has 0 unspecified atom stereocenters. The van der Waals surface area contributed by atoms with Crippen molar-refractivity contribution in [2.24, 2.45) is 0 Å². The molecule has 0 saturated heterocycles. The number of carbonyl (C=O) groups excluding carboxylic acids is 1. The van der Waals surface area contributed by atoms with Crippen LogP contribution in [0.15, 0.2) is 24.3 Å². The molecule has 0 aliphatic rings. The number of nitrogen functional groups attached to an aromatic ring is 2. The Morgan fingerprint density at radius 3 is 2.56 bits per heavy atom. The second-order valence-electron chi connectivity index (χ2n) is 3.41. The van der Waals surface area contributed by atoms with E-state index in [-0.39, 0.29) is 11.6 Å². The highest BCUT2D eigenvalue weighted by Gasteiger charge is 2.18. The van der Waals surface area contributed by atoms with Crippen LogP contribution in [0.5, 0.6) is 0 Å². The largest absolute Gasteiger partial charge is 0.382 e. The van der Waals surface area contributed by atoms with Crippen molar-refractivity contribution in [3.63, 3.8) is 0 Å². The molecule has 1 aromatic carbocycles. The lowest BCUT2D eigenvalue weighted by atomic mass is 10.0. The number of hydrogen-bond donors (Lipinski definition) is 2. The molecule has 0 amide bonds. The summed E-state index contributed by atoms with van der Waals surface area (Å²) in [5, 5.41) is 0.314. The predicted molar refractivity (Wildman–Crippen MR) is 65.6 cm³/mol. The van der Waals surface area contributed by atoms with Crippen LogP contribution in [0.3, 0.4) is 0 Å². The van der Waals surface area contributed by atoms with Crippen molar-refractivity contribution >= 4 is 28.1 Å². The van der Waals surface area contributed by atoms with Crippen LogP contribution in [0.2, 0.25) is 0 Å². The van der Waals surface area contributed by atoms with E-state index >= 15 is 0 Å². The van der Waals surface area contributed by atoms with Crippen molar-refractivity contribution in [2.75, 3.05) is 11.5 Å². The summed E-state index contributed by atoms with van der Waals surface area (Å²) in [6, 6.07) is 7.36. The van der Waals surface area contributed by atoms with Gasteiger partial charge in [0.15, 0.2) is 5.13 Å². The molecule has 0 aliphatic carbocycles. The second kappa shape index (κ2) is 3.94. The van der Waals surface area contributed by atoms with Crippen LogP contribution < -0.4 is 11.5 Å². The maximum atomic E-state index is 12.1. The lowest BCUT2D eigenvalue weighted by Gasteiger charge is -2.02. The third-order valence-corrected chi connectivity index (χ3v) is 3.16. The molecule has 0 bridgehead atoms. The second-order valence-corrected chi connectivity index (χ2v) is 4.44. The number of rotatable bonds is 2. The van der Waals surface area contributed by atoms with Gasteiger partial charge in [-0.05, 0) is 12.5 Å². The van der Waals surface area contributed by atoms with Crippen LogP contribution in [0.4, 0.5) is 10.9 Å². The third-order valence-electron chi connectivity index (χ3n) is 2.27. The Morgan fingerprint density at radius 1 is 1.31 bits per heavy atom.